The Morgan fingerprint density at radius 1 is 1.45 bits per heavy atom. The van der Waals surface area contributed by atoms with Crippen molar-refractivity contribution in [2.24, 2.45) is 5.41 Å². The molecule has 0 radical (unpaired) electrons. The molecule has 0 aromatic heterocycles. The minimum Gasteiger partial charge on any atom is -0.444 e. The molecular weight excluding hydrogens is 265 g/mol. The molecule has 0 bridgehead atoms. The third kappa shape index (κ3) is 4.02. The fraction of sp³-hybridized carbons (Fsp3) is 0.786. The predicted octanol–water partition coefficient (Wildman–Crippen LogP) is 2.13. The fourth-order valence-electron chi connectivity index (χ4n) is 2.30. The second-order valence-corrected chi connectivity index (χ2v) is 6.37. The number of halogens is 1. The van der Waals surface area contributed by atoms with Crippen molar-refractivity contribution < 1.29 is 23.5 Å². The molecule has 1 unspecified atom stereocenters. The zero-order valence-corrected chi connectivity index (χ0v) is 12.4. The van der Waals surface area contributed by atoms with E-state index < -0.39 is 23.3 Å². The maximum atomic E-state index is 14.3. The van der Waals surface area contributed by atoms with E-state index in [1.165, 1.54) is 11.8 Å². The maximum absolute atomic E-state index is 14.3. The molecule has 2 atom stereocenters. The van der Waals surface area contributed by atoms with Crippen LogP contribution in [0.4, 0.5) is 9.18 Å². The first-order valence-electron chi connectivity index (χ1n) is 6.67. The number of Topliss-reactive ketones (excluding diaryl/α,β-unsaturated/α-hetero) is 1. The summed E-state index contributed by atoms with van der Waals surface area (Å²) in [5.74, 6) is -0.231. The second-order valence-electron chi connectivity index (χ2n) is 6.37. The van der Waals surface area contributed by atoms with Gasteiger partial charge in [-0.2, -0.15) is 0 Å². The first-order valence-corrected chi connectivity index (χ1v) is 6.67. The zero-order valence-electron chi connectivity index (χ0n) is 12.4. The van der Waals surface area contributed by atoms with Crippen molar-refractivity contribution in [3.63, 3.8) is 0 Å². The third-order valence-corrected chi connectivity index (χ3v) is 3.32. The van der Waals surface area contributed by atoms with Crippen molar-refractivity contribution in [2.75, 3.05) is 13.1 Å². The lowest BCUT2D eigenvalue weighted by atomic mass is 9.74. The van der Waals surface area contributed by atoms with E-state index in [1.807, 2.05) is 0 Å². The summed E-state index contributed by atoms with van der Waals surface area (Å²) in [5, 5.41) is 0. The van der Waals surface area contributed by atoms with Gasteiger partial charge in [-0.1, -0.05) is 0 Å². The van der Waals surface area contributed by atoms with Crippen LogP contribution in [-0.4, -0.2) is 47.9 Å². The van der Waals surface area contributed by atoms with Crippen molar-refractivity contribution in [3.05, 3.63) is 0 Å². The highest BCUT2D eigenvalue weighted by Crippen LogP contribution is 2.36. The monoisotopic (exact) mass is 287 g/mol. The number of nitrogens with zero attached hydrogens (tertiary/aromatic N) is 1. The molecule has 1 heterocycles. The van der Waals surface area contributed by atoms with Crippen LogP contribution in [0, 0.1) is 5.41 Å². The summed E-state index contributed by atoms with van der Waals surface area (Å²) in [6, 6.07) is 0. The van der Waals surface area contributed by atoms with Gasteiger partial charge in [0.2, 0.25) is 0 Å². The molecule has 0 aromatic carbocycles. The number of carbonyl (C=O) groups is 3. The fourth-order valence-corrected chi connectivity index (χ4v) is 2.30. The number of rotatable bonds is 3. The first-order chi connectivity index (χ1) is 9.09. The third-order valence-electron chi connectivity index (χ3n) is 3.32. The van der Waals surface area contributed by atoms with Crippen LogP contribution in [0.5, 0.6) is 0 Å². The number of hydrogen-bond acceptors (Lipinski definition) is 4. The van der Waals surface area contributed by atoms with Crippen molar-refractivity contribution in [2.45, 2.75) is 52.3 Å². The average molecular weight is 287 g/mol. The van der Waals surface area contributed by atoms with E-state index in [9.17, 15) is 18.8 Å². The molecule has 1 saturated heterocycles. The first kappa shape index (κ1) is 16.6. The molecule has 1 fully saturated rings. The van der Waals surface area contributed by atoms with Gasteiger partial charge in [0.05, 0.1) is 12.0 Å². The van der Waals surface area contributed by atoms with E-state index in [0.29, 0.717) is 6.29 Å². The minimum absolute atomic E-state index is 0.125. The van der Waals surface area contributed by atoms with Gasteiger partial charge in [0.25, 0.3) is 0 Å². The Kier molecular flexibility index (Phi) is 4.89. The lowest BCUT2D eigenvalue weighted by Gasteiger charge is -2.40. The summed E-state index contributed by atoms with van der Waals surface area (Å²) < 4.78 is 19.4. The van der Waals surface area contributed by atoms with Crippen molar-refractivity contribution >= 4 is 18.2 Å². The average Bonchev–Trinajstić information content (AvgIpc) is 2.29. The van der Waals surface area contributed by atoms with E-state index in [4.69, 9.17) is 4.74 Å². The zero-order chi connectivity index (χ0) is 15.6. The predicted molar refractivity (Wildman–Crippen MR) is 71.1 cm³/mol. The summed E-state index contributed by atoms with van der Waals surface area (Å²) in [5.41, 5.74) is -1.95. The number of likely N-dealkylation sites (tertiary alicyclic amines) is 1. The van der Waals surface area contributed by atoms with Crippen LogP contribution in [0.3, 0.4) is 0 Å². The Labute approximate surface area is 118 Å². The van der Waals surface area contributed by atoms with Crippen molar-refractivity contribution in [1.29, 1.82) is 0 Å². The van der Waals surface area contributed by atoms with E-state index >= 15 is 0 Å². The number of aldehydes is 1. The molecule has 0 aromatic rings. The SMILES string of the molecule is CC(=O)C[C@]1(C=O)CCN(C(=O)OC(C)(C)C)CC1F. The number of alkyl halides is 1. The van der Waals surface area contributed by atoms with Crippen molar-refractivity contribution in [1.82, 2.24) is 4.90 Å². The largest absolute Gasteiger partial charge is 0.444 e. The molecule has 114 valence electrons. The molecule has 6 heteroatoms. The number of hydrogen-bond donors (Lipinski definition) is 0. The van der Waals surface area contributed by atoms with Gasteiger partial charge in [-0.05, 0) is 34.1 Å². The Hall–Kier alpha value is -1.46. The molecule has 20 heavy (non-hydrogen) atoms. The molecule has 0 N–H and O–H groups in total. The molecule has 0 spiro atoms. The minimum atomic E-state index is -1.55. The van der Waals surface area contributed by atoms with Crippen LogP contribution < -0.4 is 0 Å². The smallest absolute Gasteiger partial charge is 0.410 e. The van der Waals surface area contributed by atoms with Crippen LogP contribution in [0.2, 0.25) is 0 Å². The Balaban J connectivity index is 2.73. The topological polar surface area (TPSA) is 63.7 Å². The standard InChI is InChI=1S/C14H22FNO4/c1-10(18)7-14(9-17)5-6-16(8-11(14)15)12(19)20-13(2,3)4/h9,11H,5-8H2,1-4H3/t11?,14-/m0/s1. The Morgan fingerprint density at radius 3 is 2.45 bits per heavy atom. The summed E-state index contributed by atoms with van der Waals surface area (Å²) in [7, 11) is 0. The number of piperidine rings is 1. The Bertz CT molecular complexity index is 404. The van der Waals surface area contributed by atoms with Gasteiger partial charge >= 0.3 is 6.09 Å². The van der Waals surface area contributed by atoms with Gasteiger partial charge in [-0.15, -0.1) is 0 Å². The number of amides is 1. The number of ether oxygens (including phenoxy) is 1. The molecule has 1 aliphatic heterocycles. The quantitative estimate of drug-likeness (QED) is 0.746. The lowest BCUT2D eigenvalue weighted by Crippen LogP contribution is -2.53. The summed E-state index contributed by atoms with van der Waals surface area (Å²) >= 11 is 0. The summed E-state index contributed by atoms with van der Waals surface area (Å²) in [6.45, 7) is 6.51. The molecule has 5 nitrogen and oxygen atoms in total. The Morgan fingerprint density at radius 2 is 2.05 bits per heavy atom. The highest BCUT2D eigenvalue weighted by molar-refractivity contribution is 5.81. The van der Waals surface area contributed by atoms with E-state index in [-0.39, 0.29) is 31.7 Å². The van der Waals surface area contributed by atoms with Crippen molar-refractivity contribution in [3.8, 4) is 0 Å². The van der Waals surface area contributed by atoms with Crippen LogP contribution in [0.25, 0.3) is 0 Å². The number of ketones is 1. The lowest BCUT2D eigenvalue weighted by molar-refractivity contribution is -0.132. The highest BCUT2D eigenvalue weighted by atomic mass is 19.1. The van der Waals surface area contributed by atoms with Gasteiger partial charge in [-0.3, -0.25) is 4.79 Å². The van der Waals surface area contributed by atoms with Crippen LogP contribution in [0.1, 0.15) is 40.5 Å². The second kappa shape index (κ2) is 5.89. The van der Waals surface area contributed by atoms with Crippen LogP contribution in [0.15, 0.2) is 0 Å². The van der Waals surface area contributed by atoms with Gasteiger partial charge in [0.1, 0.15) is 23.8 Å². The van der Waals surface area contributed by atoms with Gasteiger partial charge < -0.3 is 14.4 Å². The summed E-state index contributed by atoms with van der Waals surface area (Å²) in [6.07, 6.45) is -1.62. The molecule has 0 saturated carbocycles. The van der Waals surface area contributed by atoms with Gasteiger partial charge in [-0.25, -0.2) is 9.18 Å². The molecule has 1 aliphatic rings. The molecule has 1 amide bonds. The molecule has 1 rings (SSSR count). The van der Waals surface area contributed by atoms with Gasteiger partial charge in [0.15, 0.2) is 0 Å². The normalized spacial score (nSPS) is 27.1. The van der Waals surface area contributed by atoms with E-state index in [0.717, 1.165) is 0 Å². The van der Waals surface area contributed by atoms with Gasteiger partial charge in [0, 0.05) is 13.0 Å². The molecule has 0 aliphatic carbocycles. The van der Waals surface area contributed by atoms with E-state index in [1.54, 1.807) is 20.8 Å². The van der Waals surface area contributed by atoms with Crippen LogP contribution >= 0.6 is 0 Å². The highest BCUT2D eigenvalue weighted by Gasteiger charge is 2.46. The molecular formula is C14H22FNO4. The van der Waals surface area contributed by atoms with E-state index in [2.05, 4.69) is 0 Å². The number of carbonyl (C=O) groups excluding carboxylic acids is 3. The van der Waals surface area contributed by atoms with Crippen LogP contribution in [-0.2, 0) is 14.3 Å². The maximum Gasteiger partial charge on any atom is 0.410 e. The summed E-state index contributed by atoms with van der Waals surface area (Å²) in [4.78, 5) is 35.5.